The van der Waals surface area contributed by atoms with E-state index in [-0.39, 0.29) is 17.3 Å². The van der Waals surface area contributed by atoms with Crippen molar-refractivity contribution in [3.05, 3.63) is 33.9 Å². The van der Waals surface area contributed by atoms with Crippen LogP contribution in [0.25, 0.3) is 0 Å². The molecular formula is C15H21N3O5. The first-order chi connectivity index (χ1) is 10.8. The Morgan fingerprint density at radius 3 is 2.57 bits per heavy atom. The van der Waals surface area contributed by atoms with Gasteiger partial charge < -0.3 is 15.0 Å². The van der Waals surface area contributed by atoms with E-state index in [9.17, 15) is 19.7 Å². The van der Waals surface area contributed by atoms with Gasteiger partial charge in [-0.1, -0.05) is 6.92 Å². The molecule has 1 aromatic rings. The average molecular weight is 323 g/mol. The van der Waals surface area contributed by atoms with Gasteiger partial charge in [0.15, 0.2) is 6.61 Å². The number of nitro groups is 1. The van der Waals surface area contributed by atoms with E-state index < -0.39 is 23.4 Å². The Balaban J connectivity index is 2.79. The average Bonchev–Trinajstić information content (AvgIpc) is 2.51. The molecule has 1 rings (SSSR count). The van der Waals surface area contributed by atoms with Gasteiger partial charge in [0.1, 0.15) is 5.69 Å². The summed E-state index contributed by atoms with van der Waals surface area (Å²) in [4.78, 5) is 35.6. The third-order valence-corrected chi connectivity index (χ3v) is 3.24. The van der Waals surface area contributed by atoms with E-state index in [1.807, 2.05) is 13.8 Å². The molecule has 0 heterocycles. The Hall–Kier alpha value is -2.64. The summed E-state index contributed by atoms with van der Waals surface area (Å²) in [6.07, 6.45) is 0.762. The molecule has 23 heavy (non-hydrogen) atoms. The van der Waals surface area contributed by atoms with Crippen LogP contribution in [0.2, 0.25) is 0 Å². The quantitative estimate of drug-likeness (QED) is 0.466. The monoisotopic (exact) mass is 323 g/mol. The maximum Gasteiger partial charge on any atom is 0.338 e. The fourth-order valence-electron chi connectivity index (χ4n) is 1.81. The van der Waals surface area contributed by atoms with Crippen LogP contribution in [0.5, 0.6) is 0 Å². The minimum absolute atomic E-state index is 0.0123. The lowest BCUT2D eigenvalue weighted by molar-refractivity contribution is -0.384. The minimum atomic E-state index is -0.780. The second kappa shape index (κ2) is 8.11. The normalized spacial score (nSPS) is 11.5. The summed E-state index contributed by atoms with van der Waals surface area (Å²) in [6.45, 7) is 3.33. The summed E-state index contributed by atoms with van der Waals surface area (Å²) < 4.78 is 4.88. The molecule has 0 spiro atoms. The van der Waals surface area contributed by atoms with E-state index in [0.29, 0.717) is 5.69 Å². The van der Waals surface area contributed by atoms with Gasteiger partial charge in [-0.05, 0) is 25.5 Å². The largest absolute Gasteiger partial charge is 0.452 e. The van der Waals surface area contributed by atoms with E-state index in [1.165, 1.54) is 12.1 Å². The second-order valence-corrected chi connectivity index (χ2v) is 5.31. The van der Waals surface area contributed by atoms with Crippen molar-refractivity contribution in [3.63, 3.8) is 0 Å². The summed E-state index contributed by atoms with van der Waals surface area (Å²) in [5.74, 6) is -1.19. The van der Waals surface area contributed by atoms with Crippen molar-refractivity contribution in [3.8, 4) is 0 Å². The highest BCUT2D eigenvalue weighted by Gasteiger charge is 2.20. The van der Waals surface area contributed by atoms with Gasteiger partial charge in [0.05, 0.1) is 10.5 Å². The Kier molecular flexibility index (Phi) is 6.49. The Morgan fingerprint density at radius 2 is 2.04 bits per heavy atom. The SMILES string of the molecule is CC[C@@H](C)NC(=O)COC(=O)c1ccc(N(C)C)c([N+](=O)[O-])c1. The number of nitrogens with one attached hydrogen (secondary N) is 1. The number of ether oxygens (including phenoxy) is 1. The zero-order chi connectivity index (χ0) is 17.6. The lowest BCUT2D eigenvalue weighted by Crippen LogP contribution is -2.35. The van der Waals surface area contributed by atoms with E-state index in [4.69, 9.17) is 4.74 Å². The molecule has 0 radical (unpaired) electrons. The molecule has 0 aliphatic heterocycles. The van der Waals surface area contributed by atoms with Crippen molar-refractivity contribution in [2.45, 2.75) is 26.3 Å². The van der Waals surface area contributed by atoms with Crippen LogP contribution in [0, 0.1) is 10.1 Å². The van der Waals surface area contributed by atoms with E-state index in [0.717, 1.165) is 12.5 Å². The zero-order valence-electron chi connectivity index (χ0n) is 13.7. The van der Waals surface area contributed by atoms with Crippen LogP contribution < -0.4 is 10.2 Å². The molecule has 1 amide bonds. The number of hydrogen-bond donors (Lipinski definition) is 1. The summed E-state index contributed by atoms with van der Waals surface area (Å²) in [6, 6.07) is 4.02. The van der Waals surface area contributed by atoms with Crippen molar-refractivity contribution in [2.24, 2.45) is 0 Å². The predicted molar refractivity (Wildman–Crippen MR) is 85.6 cm³/mol. The molecule has 0 unspecified atom stereocenters. The fourth-order valence-corrected chi connectivity index (χ4v) is 1.81. The van der Waals surface area contributed by atoms with Gasteiger partial charge in [0.25, 0.3) is 11.6 Å². The van der Waals surface area contributed by atoms with Crippen molar-refractivity contribution in [2.75, 3.05) is 25.6 Å². The number of hydrogen-bond acceptors (Lipinski definition) is 6. The molecule has 0 fully saturated rings. The Morgan fingerprint density at radius 1 is 1.39 bits per heavy atom. The number of esters is 1. The highest BCUT2D eigenvalue weighted by atomic mass is 16.6. The van der Waals surface area contributed by atoms with Crippen molar-refractivity contribution in [1.29, 1.82) is 0 Å². The molecule has 1 N–H and O–H groups in total. The topological polar surface area (TPSA) is 102 Å². The molecule has 0 aliphatic rings. The molecule has 126 valence electrons. The first-order valence-electron chi connectivity index (χ1n) is 7.18. The number of carbonyl (C=O) groups excluding carboxylic acids is 2. The first-order valence-corrected chi connectivity index (χ1v) is 7.18. The maximum atomic E-state index is 11.9. The molecule has 0 bridgehead atoms. The lowest BCUT2D eigenvalue weighted by atomic mass is 10.1. The summed E-state index contributed by atoms with van der Waals surface area (Å²) in [5, 5.41) is 13.7. The third kappa shape index (κ3) is 5.24. The van der Waals surface area contributed by atoms with Gasteiger partial charge in [0.2, 0.25) is 0 Å². The molecular weight excluding hydrogens is 302 g/mol. The van der Waals surface area contributed by atoms with Gasteiger partial charge >= 0.3 is 5.97 Å². The zero-order valence-corrected chi connectivity index (χ0v) is 13.7. The summed E-state index contributed by atoms with van der Waals surface area (Å²) in [7, 11) is 3.33. The summed E-state index contributed by atoms with van der Waals surface area (Å²) in [5.41, 5.74) is 0.202. The van der Waals surface area contributed by atoms with Crippen molar-refractivity contribution < 1.29 is 19.2 Å². The number of nitrogens with zero attached hydrogens (tertiary/aromatic N) is 2. The molecule has 0 aliphatic carbocycles. The number of benzene rings is 1. The fraction of sp³-hybridized carbons (Fsp3) is 0.467. The molecule has 1 atom stereocenters. The minimum Gasteiger partial charge on any atom is -0.452 e. The van der Waals surface area contributed by atoms with Crippen molar-refractivity contribution in [1.82, 2.24) is 5.32 Å². The van der Waals surface area contributed by atoms with E-state index >= 15 is 0 Å². The summed E-state index contributed by atoms with van der Waals surface area (Å²) >= 11 is 0. The number of amides is 1. The number of rotatable bonds is 7. The van der Waals surface area contributed by atoms with E-state index in [1.54, 1.807) is 19.0 Å². The lowest BCUT2D eigenvalue weighted by Gasteiger charge is -2.13. The molecule has 0 saturated heterocycles. The van der Waals surface area contributed by atoms with Crippen LogP contribution in [-0.2, 0) is 9.53 Å². The Labute approximate surface area is 134 Å². The molecule has 8 nitrogen and oxygen atoms in total. The highest BCUT2D eigenvalue weighted by Crippen LogP contribution is 2.27. The smallest absolute Gasteiger partial charge is 0.338 e. The predicted octanol–water partition coefficient (Wildman–Crippen LogP) is 1.73. The van der Waals surface area contributed by atoms with Crippen LogP contribution >= 0.6 is 0 Å². The number of anilines is 1. The van der Waals surface area contributed by atoms with Gasteiger partial charge in [-0.25, -0.2) is 4.79 Å². The van der Waals surface area contributed by atoms with Crippen LogP contribution in [0.15, 0.2) is 18.2 Å². The van der Waals surface area contributed by atoms with Gasteiger partial charge in [-0.15, -0.1) is 0 Å². The van der Waals surface area contributed by atoms with Crippen molar-refractivity contribution >= 4 is 23.3 Å². The molecule has 0 saturated carbocycles. The van der Waals surface area contributed by atoms with Gasteiger partial charge in [-0.3, -0.25) is 14.9 Å². The van der Waals surface area contributed by atoms with Crippen LogP contribution in [-0.4, -0.2) is 43.5 Å². The van der Waals surface area contributed by atoms with Crippen LogP contribution in [0.4, 0.5) is 11.4 Å². The molecule has 0 aromatic heterocycles. The highest BCUT2D eigenvalue weighted by molar-refractivity contribution is 5.93. The Bertz CT molecular complexity index is 601. The molecule has 1 aromatic carbocycles. The number of carbonyl (C=O) groups is 2. The molecule has 8 heteroatoms. The van der Waals surface area contributed by atoms with Gasteiger partial charge in [-0.2, -0.15) is 0 Å². The first kappa shape index (κ1) is 18.4. The maximum absolute atomic E-state index is 11.9. The second-order valence-electron chi connectivity index (χ2n) is 5.31. The third-order valence-electron chi connectivity index (χ3n) is 3.24. The van der Waals surface area contributed by atoms with Crippen LogP contribution in [0.3, 0.4) is 0 Å². The van der Waals surface area contributed by atoms with Crippen LogP contribution in [0.1, 0.15) is 30.6 Å². The standard InChI is InChI=1S/C15H21N3O5/c1-5-10(2)16-14(19)9-23-15(20)11-6-7-12(17(3)4)13(8-11)18(21)22/h6-8,10H,5,9H2,1-4H3,(H,16,19)/t10-/m1/s1. The number of nitro benzene ring substituents is 1. The van der Waals surface area contributed by atoms with E-state index in [2.05, 4.69) is 5.32 Å². The van der Waals surface area contributed by atoms with Gasteiger partial charge in [0, 0.05) is 26.2 Å².